The van der Waals surface area contributed by atoms with Crippen molar-refractivity contribution in [2.45, 2.75) is 32.3 Å². The van der Waals surface area contributed by atoms with Gasteiger partial charge in [-0.05, 0) is 37.8 Å². The summed E-state index contributed by atoms with van der Waals surface area (Å²) in [6.45, 7) is 1.72. The second kappa shape index (κ2) is 5.18. The fraction of sp³-hybridized carbons (Fsp3) is 0.353. The minimum Gasteiger partial charge on any atom is -0.507 e. The average Bonchev–Trinajstić information content (AvgIpc) is 2.47. The van der Waals surface area contributed by atoms with E-state index in [4.69, 9.17) is 4.74 Å². The number of aliphatic hydroxyl groups is 1. The molecule has 0 aromatic heterocycles. The van der Waals surface area contributed by atoms with Crippen LogP contribution >= 0.6 is 0 Å². The van der Waals surface area contributed by atoms with Crippen LogP contribution in [0.5, 0.6) is 17.2 Å². The van der Waals surface area contributed by atoms with E-state index < -0.39 is 6.10 Å². The van der Waals surface area contributed by atoms with Crippen LogP contribution in [0, 0.1) is 6.92 Å². The number of phenols is 2. The lowest BCUT2D eigenvalue weighted by Crippen LogP contribution is -2.11. The number of phenolic OH excluding ortho intramolecular Hbond substituents is 2. The van der Waals surface area contributed by atoms with Crippen LogP contribution in [0.25, 0.3) is 10.8 Å². The second-order valence-corrected chi connectivity index (χ2v) is 5.68. The van der Waals surface area contributed by atoms with E-state index in [9.17, 15) is 20.1 Å². The number of aromatic hydroxyl groups is 2. The number of aldehydes is 1. The number of carbonyl (C=O) groups excluding carboxylic acids is 1. The molecule has 5 nitrogen and oxygen atoms in total. The Morgan fingerprint density at radius 2 is 2.05 bits per heavy atom. The van der Waals surface area contributed by atoms with Gasteiger partial charge in [-0.25, -0.2) is 0 Å². The first-order valence-electron chi connectivity index (χ1n) is 7.22. The average molecular weight is 302 g/mol. The molecule has 3 rings (SSSR count). The van der Waals surface area contributed by atoms with E-state index in [1.807, 2.05) is 0 Å². The highest BCUT2D eigenvalue weighted by atomic mass is 16.5. The maximum atomic E-state index is 11.2. The standard InChI is InChI=1S/C17H18O5/c1-8-6-10-14(15(20)11(8)7-18)16(21)13-9(17(10)22-2)4-3-5-12(13)19/h6-7,12,19-21H,3-5H2,1-2H3. The quantitative estimate of drug-likeness (QED) is 0.743. The minimum absolute atomic E-state index is 0.134. The van der Waals surface area contributed by atoms with Crippen molar-refractivity contribution in [2.75, 3.05) is 7.11 Å². The number of methoxy groups -OCH3 is 1. The molecule has 0 radical (unpaired) electrons. The van der Waals surface area contributed by atoms with Crippen molar-refractivity contribution in [1.29, 1.82) is 0 Å². The third-order valence-corrected chi connectivity index (χ3v) is 4.44. The summed E-state index contributed by atoms with van der Waals surface area (Å²) in [4.78, 5) is 11.2. The molecule has 1 unspecified atom stereocenters. The first kappa shape index (κ1) is 14.7. The molecule has 5 heteroatoms. The molecule has 0 fully saturated rings. The monoisotopic (exact) mass is 302 g/mol. The number of hydrogen-bond acceptors (Lipinski definition) is 5. The van der Waals surface area contributed by atoms with Gasteiger partial charge in [-0.15, -0.1) is 0 Å². The van der Waals surface area contributed by atoms with Crippen molar-refractivity contribution in [2.24, 2.45) is 0 Å². The summed E-state index contributed by atoms with van der Waals surface area (Å²) in [6.07, 6.45) is 1.79. The molecule has 0 spiro atoms. The molecule has 22 heavy (non-hydrogen) atoms. The van der Waals surface area contributed by atoms with Gasteiger partial charge in [-0.2, -0.15) is 0 Å². The van der Waals surface area contributed by atoms with Crippen molar-refractivity contribution < 1.29 is 24.9 Å². The molecule has 1 aliphatic carbocycles. The van der Waals surface area contributed by atoms with Crippen LogP contribution in [-0.2, 0) is 6.42 Å². The summed E-state index contributed by atoms with van der Waals surface area (Å²) < 4.78 is 5.49. The smallest absolute Gasteiger partial charge is 0.154 e. The number of carbonyl (C=O) groups is 1. The summed E-state index contributed by atoms with van der Waals surface area (Å²) in [5, 5.41) is 31.9. The molecule has 1 atom stereocenters. The number of aryl methyl sites for hydroxylation is 1. The molecule has 0 amide bonds. The number of aliphatic hydroxyl groups excluding tert-OH is 1. The maximum Gasteiger partial charge on any atom is 0.154 e. The lowest BCUT2D eigenvalue weighted by molar-refractivity contribution is 0.112. The van der Waals surface area contributed by atoms with Gasteiger partial charge in [0.15, 0.2) is 6.29 Å². The molecule has 0 aliphatic heterocycles. The normalized spacial score (nSPS) is 17.3. The number of ether oxygens (including phenoxy) is 1. The first-order valence-corrected chi connectivity index (χ1v) is 7.22. The zero-order valence-electron chi connectivity index (χ0n) is 12.5. The van der Waals surface area contributed by atoms with E-state index in [-0.39, 0.29) is 22.4 Å². The molecule has 116 valence electrons. The van der Waals surface area contributed by atoms with Gasteiger partial charge < -0.3 is 20.1 Å². The Hall–Kier alpha value is -2.27. The lowest BCUT2D eigenvalue weighted by atomic mass is 9.84. The number of hydrogen-bond donors (Lipinski definition) is 3. The van der Waals surface area contributed by atoms with E-state index >= 15 is 0 Å². The highest BCUT2D eigenvalue weighted by Gasteiger charge is 2.29. The largest absolute Gasteiger partial charge is 0.507 e. The van der Waals surface area contributed by atoms with Gasteiger partial charge in [0.05, 0.1) is 24.2 Å². The third-order valence-electron chi connectivity index (χ3n) is 4.44. The van der Waals surface area contributed by atoms with E-state index in [0.717, 1.165) is 12.0 Å². The van der Waals surface area contributed by atoms with Gasteiger partial charge in [0.1, 0.15) is 17.2 Å². The molecular formula is C17H18O5. The van der Waals surface area contributed by atoms with Crippen LogP contribution in [0.3, 0.4) is 0 Å². The molecule has 3 N–H and O–H groups in total. The van der Waals surface area contributed by atoms with Gasteiger partial charge in [0.2, 0.25) is 0 Å². The minimum atomic E-state index is -0.803. The molecule has 1 aliphatic rings. The van der Waals surface area contributed by atoms with E-state index in [2.05, 4.69) is 0 Å². The van der Waals surface area contributed by atoms with Gasteiger partial charge >= 0.3 is 0 Å². The van der Waals surface area contributed by atoms with E-state index in [1.54, 1.807) is 13.0 Å². The predicted octanol–water partition coefficient (Wildman–Crippen LogP) is 2.75. The number of benzene rings is 2. The Morgan fingerprint density at radius 1 is 1.32 bits per heavy atom. The third kappa shape index (κ3) is 1.85. The number of rotatable bonds is 2. The summed E-state index contributed by atoms with van der Waals surface area (Å²) in [7, 11) is 1.52. The second-order valence-electron chi connectivity index (χ2n) is 5.68. The van der Waals surface area contributed by atoms with Crippen LogP contribution in [0.2, 0.25) is 0 Å². The summed E-state index contributed by atoms with van der Waals surface area (Å²) >= 11 is 0. The van der Waals surface area contributed by atoms with Gasteiger partial charge in [0, 0.05) is 16.5 Å². The highest BCUT2D eigenvalue weighted by molar-refractivity contribution is 6.05. The van der Waals surface area contributed by atoms with Crippen molar-refractivity contribution in [3.63, 3.8) is 0 Å². The first-order chi connectivity index (χ1) is 10.5. The Balaban J connectivity index is 2.53. The molecule has 0 saturated heterocycles. The molecule has 0 saturated carbocycles. The molecule has 0 bridgehead atoms. The van der Waals surface area contributed by atoms with Crippen LogP contribution in [0.1, 0.15) is 46.0 Å². The van der Waals surface area contributed by atoms with Crippen LogP contribution in [-0.4, -0.2) is 28.7 Å². The summed E-state index contributed by atoms with van der Waals surface area (Å²) in [5.74, 6) is 0.0948. The molecule has 0 heterocycles. The zero-order chi connectivity index (χ0) is 16.0. The van der Waals surface area contributed by atoms with Crippen LogP contribution in [0.15, 0.2) is 6.07 Å². The van der Waals surface area contributed by atoms with Crippen molar-refractivity contribution >= 4 is 17.1 Å². The van der Waals surface area contributed by atoms with Crippen molar-refractivity contribution in [3.8, 4) is 17.2 Å². The lowest BCUT2D eigenvalue weighted by Gasteiger charge is -2.26. The highest BCUT2D eigenvalue weighted by Crippen LogP contribution is 2.50. The maximum absolute atomic E-state index is 11.2. The topological polar surface area (TPSA) is 87.0 Å². The zero-order valence-corrected chi connectivity index (χ0v) is 12.5. The molecule has 2 aromatic rings. The van der Waals surface area contributed by atoms with E-state index in [0.29, 0.717) is 41.4 Å². The van der Waals surface area contributed by atoms with Crippen LogP contribution < -0.4 is 4.74 Å². The number of fused-ring (bicyclic) bond motifs is 2. The van der Waals surface area contributed by atoms with Crippen LogP contribution in [0.4, 0.5) is 0 Å². The van der Waals surface area contributed by atoms with Gasteiger partial charge in [-0.3, -0.25) is 4.79 Å². The van der Waals surface area contributed by atoms with Crippen molar-refractivity contribution in [1.82, 2.24) is 0 Å². The Morgan fingerprint density at radius 3 is 2.68 bits per heavy atom. The summed E-state index contributed by atoms with van der Waals surface area (Å²) in [5.41, 5.74) is 1.90. The summed E-state index contributed by atoms with van der Waals surface area (Å²) in [6, 6.07) is 1.72. The van der Waals surface area contributed by atoms with Gasteiger partial charge in [0.25, 0.3) is 0 Å². The van der Waals surface area contributed by atoms with Crippen molar-refractivity contribution in [3.05, 3.63) is 28.3 Å². The fourth-order valence-corrected chi connectivity index (χ4v) is 3.40. The van der Waals surface area contributed by atoms with E-state index in [1.165, 1.54) is 7.11 Å². The SMILES string of the molecule is COc1c2c(c(O)c3c(O)c(C=O)c(C)cc13)C(O)CCC2. The predicted molar refractivity (Wildman–Crippen MR) is 81.9 cm³/mol. The Kier molecular flexibility index (Phi) is 3.45. The Labute approximate surface area is 127 Å². The fourth-order valence-electron chi connectivity index (χ4n) is 3.40. The Bertz CT molecular complexity index is 779. The molecular weight excluding hydrogens is 284 g/mol. The molecule has 2 aromatic carbocycles. The van der Waals surface area contributed by atoms with Gasteiger partial charge in [-0.1, -0.05) is 0 Å².